The molecule has 2 heterocycles. The molecule has 4 nitrogen and oxygen atoms in total. The molecule has 1 unspecified atom stereocenters. The Labute approximate surface area is 108 Å². The Kier molecular flexibility index (Phi) is 5.30. The molecule has 2 rings (SSSR count). The summed E-state index contributed by atoms with van der Waals surface area (Å²) in [7, 11) is 0. The van der Waals surface area contributed by atoms with Crippen LogP contribution in [0.25, 0.3) is 0 Å². The van der Waals surface area contributed by atoms with Crippen LogP contribution in [0.2, 0.25) is 0 Å². The van der Waals surface area contributed by atoms with Gasteiger partial charge in [-0.05, 0) is 50.4 Å². The van der Waals surface area contributed by atoms with E-state index >= 15 is 0 Å². The molecular weight excluding hydrogens is 228 g/mol. The van der Waals surface area contributed by atoms with E-state index in [1.165, 1.54) is 12.8 Å². The van der Waals surface area contributed by atoms with Crippen LogP contribution in [-0.2, 0) is 4.74 Å². The SMILES string of the molecule is O=C(COCCC1CCCNC1)c1ccccn1. The van der Waals surface area contributed by atoms with Crippen LogP contribution in [0.3, 0.4) is 0 Å². The van der Waals surface area contributed by atoms with Crippen LogP contribution in [0.15, 0.2) is 24.4 Å². The first-order chi connectivity index (χ1) is 8.86. The Morgan fingerprint density at radius 2 is 2.44 bits per heavy atom. The number of ketones is 1. The third-order valence-corrected chi connectivity index (χ3v) is 3.25. The van der Waals surface area contributed by atoms with Crippen molar-refractivity contribution in [2.75, 3.05) is 26.3 Å². The summed E-state index contributed by atoms with van der Waals surface area (Å²) in [6.45, 7) is 3.01. The van der Waals surface area contributed by atoms with Gasteiger partial charge in [0.2, 0.25) is 5.78 Å². The third-order valence-electron chi connectivity index (χ3n) is 3.25. The lowest BCUT2D eigenvalue weighted by Gasteiger charge is -2.22. The molecule has 4 heteroatoms. The Hall–Kier alpha value is -1.26. The molecule has 0 aliphatic carbocycles. The second-order valence-electron chi connectivity index (χ2n) is 4.69. The second-order valence-corrected chi connectivity index (χ2v) is 4.69. The van der Waals surface area contributed by atoms with Crippen molar-refractivity contribution >= 4 is 5.78 Å². The molecule has 1 fully saturated rings. The first kappa shape index (κ1) is 13.2. The maximum Gasteiger partial charge on any atom is 0.206 e. The van der Waals surface area contributed by atoms with Crippen molar-refractivity contribution in [2.24, 2.45) is 5.92 Å². The van der Waals surface area contributed by atoms with E-state index in [-0.39, 0.29) is 12.4 Å². The van der Waals surface area contributed by atoms with Gasteiger partial charge in [0.05, 0.1) is 0 Å². The Morgan fingerprint density at radius 1 is 1.50 bits per heavy atom. The number of Topliss-reactive ketones (excluding diaryl/α,β-unsaturated/α-hetero) is 1. The average molecular weight is 248 g/mol. The highest BCUT2D eigenvalue weighted by Gasteiger charge is 2.13. The molecule has 0 saturated carbocycles. The molecule has 0 radical (unpaired) electrons. The maximum atomic E-state index is 11.7. The smallest absolute Gasteiger partial charge is 0.206 e. The van der Waals surface area contributed by atoms with Crippen molar-refractivity contribution in [3.05, 3.63) is 30.1 Å². The fourth-order valence-corrected chi connectivity index (χ4v) is 2.19. The normalized spacial score (nSPS) is 19.7. The van der Waals surface area contributed by atoms with E-state index in [0.717, 1.165) is 19.5 Å². The Balaban J connectivity index is 1.62. The van der Waals surface area contributed by atoms with E-state index in [4.69, 9.17) is 4.74 Å². The van der Waals surface area contributed by atoms with Gasteiger partial charge in [-0.1, -0.05) is 6.07 Å². The van der Waals surface area contributed by atoms with Crippen molar-refractivity contribution in [3.63, 3.8) is 0 Å². The number of carbonyl (C=O) groups is 1. The van der Waals surface area contributed by atoms with E-state index in [1.807, 2.05) is 6.07 Å². The van der Waals surface area contributed by atoms with Crippen LogP contribution < -0.4 is 5.32 Å². The van der Waals surface area contributed by atoms with Crippen LogP contribution in [0.1, 0.15) is 29.8 Å². The zero-order valence-electron chi connectivity index (χ0n) is 10.6. The molecule has 0 spiro atoms. The Bertz CT molecular complexity index is 361. The molecule has 98 valence electrons. The highest BCUT2D eigenvalue weighted by Crippen LogP contribution is 2.13. The van der Waals surface area contributed by atoms with Crippen molar-refractivity contribution in [1.29, 1.82) is 0 Å². The minimum absolute atomic E-state index is 0.0441. The lowest BCUT2D eigenvalue weighted by Crippen LogP contribution is -2.30. The second kappa shape index (κ2) is 7.24. The first-order valence-electron chi connectivity index (χ1n) is 6.59. The van der Waals surface area contributed by atoms with E-state index in [1.54, 1.807) is 18.3 Å². The summed E-state index contributed by atoms with van der Waals surface area (Å²) >= 11 is 0. The number of aromatic nitrogens is 1. The molecular formula is C14H20N2O2. The van der Waals surface area contributed by atoms with Crippen molar-refractivity contribution in [3.8, 4) is 0 Å². The van der Waals surface area contributed by atoms with Gasteiger partial charge in [0, 0.05) is 12.8 Å². The Morgan fingerprint density at radius 3 is 3.17 bits per heavy atom. The molecule has 1 N–H and O–H groups in total. The standard InChI is InChI=1S/C14H20N2O2/c17-14(13-5-1-2-8-16-13)11-18-9-6-12-4-3-7-15-10-12/h1-2,5,8,12,15H,3-4,6-7,9-11H2. The van der Waals surface area contributed by atoms with Gasteiger partial charge in [-0.3, -0.25) is 9.78 Å². The van der Waals surface area contributed by atoms with Crippen molar-refractivity contribution < 1.29 is 9.53 Å². The topological polar surface area (TPSA) is 51.2 Å². The van der Waals surface area contributed by atoms with Crippen LogP contribution >= 0.6 is 0 Å². The molecule has 1 saturated heterocycles. The van der Waals surface area contributed by atoms with Gasteiger partial charge in [-0.25, -0.2) is 0 Å². The number of hydrogen-bond acceptors (Lipinski definition) is 4. The van der Waals surface area contributed by atoms with Crippen molar-refractivity contribution in [1.82, 2.24) is 10.3 Å². The van der Waals surface area contributed by atoms with E-state index in [9.17, 15) is 4.79 Å². The van der Waals surface area contributed by atoms with Gasteiger partial charge in [0.1, 0.15) is 12.3 Å². The minimum atomic E-state index is -0.0441. The summed E-state index contributed by atoms with van der Waals surface area (Å²) in [5, 5.41) is 3.38. The van der Waals surface area contributed by atoms with Gasteiger partial charge in [-0.2, -0.15) is 0 Å². The van der Waals surface area contributed by atoms with Gasteiger partial charge < -0.3 is 10.1 Å². The fraction of sp³-hybridized carbons (Fsp3) is 0.571. The largest absolute Gasteiger partial charge is 0.373 e. The summed E-state index contributed by atoms with van der Waals surface area (Å²) in [6.07, 6.45) is 5.17. The van der Waals surface area contributed by atoms with E-state index in [0.29, 0.717) is 18.2 Å². The minimum Gasteiger partial charge on any atom is -0.373 e. The summed E-state index contributed by atoms with van der Waals surface area (Å²) in [6, 6.07) is 5.33. The summed E-state index contributed by atoms with van der Waals surface area (Å²) in [5.74, 6) is 0.654. The predicted molar refractivity (Wildman–Crippen MR) is 69.6 cm³/mol. The van der Waals surface area contributed by atoms with Gasteiger partial charge >= 0.3 is 0 Å². The number of pyridine rings is 1. The molecule has 1 atom stereocenters. The van der Waals surface area contributed by atoms with Crippen LogP contribution in [0, 0.1) is 5.92 Å². The predicted octanol–water partition coefficient (Wildman–Crippen LogP) is 1.67. The number of piperidine rings is 1. The highest BCUT2D eigenvalue weighted by molar-refractivity contribution is 5.95. The van der Waals surface area contributed by atoms with Crippen LogP contribution in [0.4, 0.5) is 0 Å². The van der Waals surface area contributed by atoms with Crippen molar-refractivity contribution in [2.45, 2.75) is 19.3 Å². The van der Waals surface area contributed by atoms with Gasteiger partial charge in [0.15, 0.2) is 0 Å². The summed E-state index contributed by atoms with van der Waals surface area (Å²) in [5.41, 5.74) is 0.483. The molecule has 1 aromatic heterocycles. The highest BCUT2D eigenvalue weighted by atomic mass is 16.5. The first-order valence-corrected chi connectivity index (χ1v) is 6.59. The van der Waals surface area contributed by atoms with E-state index < -0.39 is 0 Å². The molecule has 0 aromatic carbocycles. The number of nitrogens with zero attached hydrogens (tertiary/aromatic N) is 1. The quantitative estimate of drug-likeness (QED) is 0.614. The number of hydrogen-bond donors (Lipinski definition) is 1. The van der Waals surface area contributed by atoms with E-state index in [2.05, 4.69) is 10.3 Å². The fourth-order valence-electron chi connectivity index (χ4n) is 2.19. The number of ether oxygens (including phenoxy) is 1. The zero-order chi connectivity index (χ0) is 12.6. The molecule has 1 aromatic rings. The van der Waals surface area contributed by atoms with Gasteiger partial charge in [-0.15, -0.1) is 0 Å². The van der Waals surface area contributed by atoms with Crippen LogP contribution in [0.5, 0.6) is 0 Å². The van der Waals surface area contributed by atoms with Gasteiger partial charge in [0.25, 0.3) is 0 Å². The third kappa shape index (κ3) is 4.20. The molecule has 0 amide bonds. The maximum absolute atomic E-state index is 11.7. The molecule has 0 bridgehead atoms. The monoisotopic (exact) mass is 248 g/mol. The summed E-state index contributed by atoms with van der Waals surface area (Å²) < 4.78 is 5.44. The molecule has 1 aliphatic rings. The number of rotatable bonds is 6. The lowest BCUT2D eigenvalue weighted by atomic mass is 9.97. The lowest BCUT2D eigenvalue weighted by molar-refractivity contribution is 0.0720. The number of nitrogens with one attached hydrogen (secondary N) is 1. The molecule has 1 aliphatic heterocycles. The molecule has 18 heavy (non-hydrogen) atoms. The number of carbonyl (C=O) groups excluding carboxylic acids is 1. The van der Waals surface area contributed by atoms with Crippen LogP contribution in [-0.4, -0.2) is 37.1 Å². The summed E-state index contributed by atoms with van der Waals surface area (Å²) in [4.78, 5) is 15.7. The average Bonchev–Trinajstić information content (AvgIpc) is 2.45. The zero-order valence-corrected chi connectivity index (χ0v) is 10.6.